The third kappa shape index (κ3) is 6.26. The fraction of sp³-hybridized carbons (Fsp3) is 0.467. The van der Waals surface area contributed by atoms with E-state index in [1.165, 1.54) is 0 Å². The number of hydrogen-bond acceptors (Lipinski definition) is 4. The van der Waals surface area contributed by atoms with E-state index in [0.29, 0.717) is 13.0 Å². The quantitative estimate of drug-likeness (QED) is 0.669. The Morgan fingerprint density at radius 1 is 1.27 bits per heavy atom. The van der Waals surface area contributed by atoms with E-state index in [1.807, 2.05) is 49.5 Å². The monoisotopic (exact) mass is 324 g/mol. The van der Waals surface area contributed by atoms with Gasteiger partial charge < -0.3 is 21.3 Å². The van der Waals surface area contributed by atoms with Crippen molar-refractivity contribution >= 4 is 29.4 Å². The molecule has 3 amide bonds. The van der Waals surface area contributed by atoms with Crippen molar-refractivity contribution in [2.24, 2.45) is 5.73 Å². The van der Waals surface area contributed by atoms with Gasteiger partial charge in [0.05, 0.1) is 0 Å². The first-order valence-corrected chi connectivity index (χ1v) is 8.42. The molecular weight excluding hydrogens is 300 g/mol. The molecule has 0 bridgehead atoms. The molecule has 0 saturated carbocycles. The smallest absolute Gasteiger partial charge is 0.312 e. The maximum Gasteiger partial charge on any atom is 0.312 e. The molecular formula is C15H24N4O2S. The summed E-state index contributed by atoms with van der Waals surface area (Å²) in [6.07, 6.45) is 2.50. The molecule has 0 aliphatic rings. The Kier molecular flexibility index (Phi) is 7.59. The lowest BCUT2D eigenvalue weighted by Gasteiger charge is -2.17. The van der Waals surface area contributed by atoms with Gasteiger partial charge in [-0.1, -0.05) is 12.1 Å². The highest BCUT2D eigenvalue weighted by molar-refractivity contribution is 7.98. The summed E-state index contributed by atoms with van der Waals surface area (Å²) in [7, 11) is 3.95. The zero-order chi connectivity index (χ0) is 16.5. The summed E-state index contributed by atoms with van der Waals surface area (Å²) in [5, 5.41) is 5.31. The zero-order valence-electron chi connectivity index (χ0n) is 13.3. The Labute approximate surface area is 135 Å². The van der Waals surface area contributed by atoms with Gasteiger partial charge in [0.15, 0.2) is 0 Å². The number of benzene rings is 1. The first-order chi connectivity index (χ1) is 10.4. The van der Waals surface area contributed by atoms with Gasteiger partial charge in [0.2, 0.25) is 5.91 Å². The Morgan fingerprint density at radius 3 is 2.41 bits per heavy atom. The SMILES string of the molecule is CSCC[C@H](NC(N)=O)C(=O)NCc1ccc(N(C)C)cc1. The molecule has 0 spiro atoms. The number of amides is 3. The van der Waals surface area contributed by atoms with Gasteiger partial charge in [-0.2, -0.15) is 11.8 Å². The molecule has 1 rings (SSSR count). The van der Waals surface area contributed by atoms with Crippen LogP contribution in [0.15, 0.2) is 24.3 Å². The van der Waals surface area contributed by atoms with Crippen LogP contribution in [-0.2, 0) is 11.3 Å². The highest BCUT2D eigenvalue weighted by Crippen LogP contribution is 2.12. The molecule has 0 saturated heterocycles. The second-order valence-corrected chi connectivity index (χ2v) is 6.11. The number of nitrogens with zero attached hydrogens (tertiary/aromatic N) is 1. The number of primary amides is 1. The van der Waals surface area contributed by atoms with E-state index in [2.05, 4.69) is 10.6 Å². The third-order valence-corrected chi connectivity index (χ3v) is 3.81. The van der Waals surface area contributed by atoms with Gasteiger partial charge in [-0.15, -0.1) is 0 Å². The highest BCUT2D eigenvalue weighted by atomic mass is 32.2. The van der Waals surface area contributed by atoms with Gasteiger partial charge in [0, 0.05) is 26.3 Å². The van der Waals surface area contributed by atoms with Crippen molar-refractivity contribution in [2.45, 2.75) is 19.0 Å². The topological polar surface area (TPSA) is 87.5 Å². The molecule has 7 heteroatoms. The van der Waals surface area contributed by atoms with Crippen molar-refractivity contribution in [1.82, 2.24) is 10.6 Å². The summed E-state index contributed by atoms with van der Waals surface area (Å²) in [6, 6.07) is 6.65. The molecule has 0 fully saturated rings. The van der Waals surface area contributed by atoms with E-state index in [4.69, 9.17) is 5.73 Å². The number of urea groups is 1. The maximum atomic E-state index is 12.1. The summed E-state index contributed by atoms with van der Waals surface area (Å²) >= 11 is 1.62. The molecule has 0 aliphatic heterocycles. The molecule has 0 aliphatic carbocycles. The number of nitrogens with one attached hydrogen (secondary N) is 2. The maximum absolute atomic E-state index is 12.1. The van der Waals surface area contributed by atoms with Crippen LogP contribution in [-0.4, -0.2) is 44.1 Å². The Balaban J connectivity index is 2.55. The van der Waals surface area contributed by atoms with Gasteiger partial charge in [-0.25, -0.2) is 4.79 Å². The number of anilines is 1. The van der Waals surface area contributed by atoms with Gasteiger partial charge >= 0.3 is 6.03 Å². The van der Waals surface area contributed by atoms with Crippen LogP contribution >= 0.6 is 11.8 Å². The summed E-state index contributed by atoms with van der Waals surface area (Å²) < 4.78 is 0. The second kappa shape index (κ2) is 9.19. The molecule has 0 radical (unpaired) electrons. The lowest BCUT2D eigenvalue weighted by atomic mass is 10.1. The number of thioether (sulfide) groups is 1. The number of rotatable bonds is 8. The summed E-state index contributed by atoms with van der Waals surface area (Å²) in [5.74, 6) is 0.556. The average Bonchev–Trinajstić information content (AvgIpc) is 2.49. The van der Waals surface area contributed by atoms with Crippen LogP contribution in [0.1, 0.15) is 12.0 Å². The largest absolute Gasteiger partial charge is 0.378 e. The second-order valence-electron chi connectivity index (χ2n) is 5.12. The minimum absolute atomic E-state index is 0.218. The zero-order valence-corrected chi connectivity index (χ0v) is 14.1. The van der Waals surface area contributed by atoms with Crippen LogP contribution < -0.4 is 21.3 Å². The molecule has 1 atom stereocenters. The number of hydrogen-bond donors (Lipinski definition) is 3. The number of nitrogens with two attached hydrogens (primary N) is 1. The molecule has 6 nitrogen and oxygen atoms in total. The molecule has 4 N–H and O–H groups in total. The third-order valence-electron chi connectivity index (χ3n) is 3.16. The first kappa shape index (κ1) is 18.2. The lowest BCUT2D eigenvalue weighted by molar-refractivity contribution is -0.123. The van der Waals surface area contributed by atoms with E-state index < -0.39 is 12.1 Å². The van der Waals surface area contributed by atoms with E-state index in [-0.39, 0.29) is 5.91 Å². The van der Waals surface area contributed by atoms with Gasteiger partial charge in [0.25, 0.3) is 0 Å². The van der Waals surface area contributed by atoms with Crippen LogP contribution in [0, 0.1) is 0 Å². The van der Waals surface area contributed by atoms with Crippen molar-refractivity contribution < 1.29 is 9.59 Å². The fourth-order valence-electron chi connectivity index (χ4n) is 1.90. The van der Waals surface area contributed by atoms with Crippen LogP contribution in [0.25, 0.3) is 0 Å². The fourth-order valence-corrected chi connectivity index (χ4v) is 2.37. The van der Waals surface area contributed by atoms with Crippen molar-refractivity contribution in [1.29, 1.82) is 0 Å². The highest BCUT2D eigenvalue weighted by Gasteiger charge is 2.18. The molecule has 22 heavy (non-hydrogen) atoms. The lowest BCUT2D eigenvalue weighted by Crippen LogP contribution is -2.48. The van der Waals surface area contributed by atoms with Crippen molar-refractivity contribution in [3.8, 4) is 0 Å². The number of carbonyl (C=O) groups is 2. The Hall–Kier alpha value is -1.89. The Morgan fingerprint density at radius 2 is 1.91 bits per heavy atom. The number of carbonyl (C=O) groups excluding carboxylic acids is 2. The predicted molar refractivity (Wildman–Crippen MR) is 92.1 cm³/mol. The summed E-state index contributed by atoms with van der Waals surface area (Å²) in [5.41, 5.74) is 7.22. The minimum Gasteiger partial charge on any atom is -0.378 e. The van der Waals surface area contributed by atoms with Gasteiger partial charge in [0.1, 0.15) is 6.04 Å². The standard InChI is InChI=1S/C15H24N4O2S/c1-19(2)12-6-4-11(5-7-12)10-17-14(20)13(8-9-22-3)18-15(16)21/h4-7,13H,8-10H2,1-3H3,(H,17,20)(H3,16,18,21)/t13-/m0/s1. The van der Waals surface area contributed by atoms with E-state index in [9.17, 15) is 9.59 Å². The van der Waals surface area contributed by atoms with Crippen LogP contribution in [0.2, 0.25) is 0 Å². The van der Waals surface area contributed by atoms with Gasteiger partial charge in [-0.3, -0.25) is 4.79 Å². The van der Waals surface area contributed by atoms with Crippen molar-refractivity contribution in [3.05, 3.63) is 29.8 Å². The van der Waals surface area contributed by atoms with E-state index in [0.717, 1.165) is 17.0 Å². The molecule has 1 aromatic rings. The molecule has 1 aromatic carbocycles. The van der Waals surface area contributed by atoms with E-state index in [1.54, 1.807) is 11.8 Å². The van der Waals surface area contributed by atoms with Crippen molar-refractivity contribution in [3.63, 3.8) is 0 Å². The van der Waals surface area contributed by atoms with Crippen LogP contribution in [0.4, 0.5) is 10.5 Å². The molecule has 122 valence electrons. The summed E-state index contributed by atoms with van der Waals surface area (Å²) in [4.78, 5) is 25.1. The van der Waals surface area contributed by atoms with Gasteiger partial charge in [-0.05, 0) is 36.1 Å². The normalized spacial score (nSPS) is 11.6. The molecule has 0 heterocycles. The predicted octanol–water partition coefficient (Wildman–Crippen LogP) is 1.16. The van der Waals surface area contributed by atoms with Crippen LogP contribution in [0.3, 0.4) is 0 Å². The molecule has 0 aromatic heterocycles. The summed E-state index contributed by atoms with van der Waals surface area (Å²) in [6.45, 7) is 0.419. The minimum atomic E-state index is -0.684. The molecule has 0 unspecified atom stereocenters. The Bertz CT molecular complexity index is 491. The average molecular weight is 324 g/mol. The van der Waals surface area contributed by atoms with Crippen LogP contribution in [0.5, 0.6) is 0 Å². The van der Waals surface area contributed by atoms with Crippen molar-refractivity contribution in [2.75, 3.05) is 31.0 Å². The van der Waals surface area contributed by atoms with E-state index >= 15 is 0 Å². The first-order valence-electron chi connectivity index (χ1n) is 7.03.